The quantitative estimate of drug-likeness (QED) is 0.408. The minimum Gasteiger partial charge on any atom is -0.393 e. The van der Waals surface area contributed by atoms with Crippen molar-refractivity contribution in [1.82, 2.24) is 5.32 Å². The Morgan fingerprint density at radius 1 is 1.06 bits per heavy atom. The lowest BCUT2D eigenvalue weighted by Crippen LogP contribution is -2.40. The van der Waals surface area contributed by atoms with E-state index in [9.17, 15) is 5.11 Å². The van der Waals surface area contributed by atoms with Crippen molar-refractivity contribution in [3.05, 3.63) is 0 Å². The van der Waals surface area contributed by atoms with Gasteiger partial charge in [0, 0.05) is 18.5 Å². The topological polar surface area (TPSA) is 70.6 Å². The maximum atomic E-state index is 9.73. The Bertz CT molecular complexity index is 272. The van der Waals surface area contributed by atoms with Crippen LogP contribution < -0.4 is 11.1 Å². The fraction of sp³-hybridized carbons (Fsp3) is 0.929. The van der Waals surface area contributed by atoms with Crippen molar-refractivity contribution in [3.8, 4) is 0 Å². The summed E-state index contributed by atoms with van der Waals surface area (Å²) in [4.78, 5) is 4.40. The fourth-order valence-corrected chi connectivity index (χ4v) is 3.12. The molecular formula is C14H27N3O. The maximum absolute atomic E-state index is 9.73. The first kappa shape index (κ1) is 13.7. The molecule has 2 aliphatic carbocycles. The zero-order chi connectivity index (χ0) is 12.8. The van der Waals surface area contributed by atoms with Gasteiger partial charge in [-0.1, -0.05) is 32.1 Å². The van der Waals surface area contributed by atoms with Crippen molar-refractivity contribution in [1.29, 1.82) is 0 Å². The second-order valence-corrected chi connectivity index (χ2v) is 5.82. The van der Waals surface area contributed by atoms with Crippen LogP contribution >= 0.6 is 0 Å². The molecule has 2 fully saturated rings. The Kier molecular flexibility index (Phi) is 5.29. The number of hydrogen-bond acceptors (Lipinski definition) is 2. The molecule has 0 radical (unpaired) electrons. The summed E-state index contributed by atoms with van der Waals surface area (Å²) in [6.07, 6.45) is 10.7. The number of aliphatic hydroxyl groups is 1. The van der Waals surface area contributed by atoms with E-state index in [1.807, 2.05) is 0 Å². The summed E-state index contributed by atoms with van der Waals surface area (Å²) in [5, 5.41) is 13.1. The van der Waals surface area contributed by atoms with E-state index in [0.717, 1.165) is 19.3 Å². The Balaban J connectivity index is 1.73. The van der Waals surface area contributed by atoms with Gasteiger partial charge in [-0.2, -0.15) is 0 Å². The molecule has 2 aliphatic rings. The molecule has 0 aromatic rings. The van der Waals surface area contributed by atoms with Crippen molar-refractivity contribution in [2.45, 2.75) is 69.9 Å². The second kappa shape index (κ2) is 6.98. The molecule has 18 heavy (non-hydrogen) atoms. The van der Waals surface area contributed by atoms with E-state index in [1.54, 1.807) is 0 Å². The summed E-state index contributed by atoms with van der Waals surface area (Å²) in [5.74, 6) is 0.889. The second-order valence-electron chi connectivity index (χ2n) is 5.82. The fourth-order valence-electron chi connectivity index (χ4n) is 3.12. The highest BCUT2D eigenvalue weighted by molar-refractivity contribution is 5.78. The van der Waals surface area contributed by atoms with Gasteiger partial charge in [0.15, 0.2) is 5.96 Å². The molecule has 0 aromatic carbocycles. The van der Waals surface area contributed by atoms with Gasteiger partial charge in [0.05, 0.1) is 6.10 Å². The highest BCUT2D eigenvalue weighted by atomic mass is 16.3. The van der Waals surface area contributed by atoms with Crippen molar-refractivity contribution in [2.75, 3.05) is 6.54 Å². The van der Waals surface area contributed by atoms with E-state index < -0.39 is 0 Å². The molecule has 2 atom stereocenters. The first-order valence-electron chi connectivity index (χ1n) is 7.50. The Morgan fingerprint density at radius 3 is 2.39 bits per heavy atom. The van der Waals surface area contributed by atoms with Crippen LogP contribution in [0.5, 0.6) is 0 Å². The minimum absolute atomic E-state index is 0.167. The predicted octanol–water partition coefficient (Wildman–Crippen LogP) is 1.77. The van der Waals surface area contributed by atoms with Gasteiger partial charge in [0.25, 0.3) is 0 Å². The number of nitrogens with zero attached hydrogens (tertiary/aromatic N) is 1. The average Bonchev–Trinajstić information content (AvgIpc) is 2.61. The summed E-state index contributed by atoms with van der Waals surface area (Å²) < 4.78 is 0. The first-order chi connectivity index (χ1) is 8.75. The first-order valence-corrected chi connectivity index (χ1v) is 7.50. The van der Waals surface area contributed by atoms with Gasteiger partial charge in [-0.3, -0.25) is 4.99 Å². The molecule has 0 aliphatic heterocycles. The van der Waals surface area contributed by atoms with Crippen LogP contribution in [0.4, 0.5) is 0 Å². The number of rotatable bonds is 3. The summed E-state index contributed by atoms with van der Waals surface area (Å²) >= 11 is 0. The third-order valence-corrected chi connectivity index (χ3v) is 4.32. The van der Waals surface area contributed by atoms with Crippen LogP contribution in [-0.2, 0) is 0 Å². The molecule has 0 amide bonds. The minimum atomic E-state index is -0.167. The summed E-state index contributed by atoms with van der Waals surface area (Å²) in [6.45, 7) is 0.673. The van der Waals surface area contributed by atoms with Gasteiger partial charge in [0.2, 0.25) is 0 Å². The van der Waals surface area contributed by atoms with Crippen LogP contribution in [0.3, 0.4) is 0 Å². The molecule has 0 unspecified atom stereocenters. The van der Waals surface area contributed by atoms with E-state index in [1.165, 1.54) is 38.5 Å². The zero-order valence-corrected chi connectivity index (χ0v) is 11.3. The van der Waals surface area contributed by atoms with E-state index in [2.05, 4.69) is 10.3 Å². The van der Waals surface area contributed by atoms with Crippen molar-refractivity contribution in [2.24, 2.45) is 16.6 Å². The predicted molar refractivity (Wildman–Crippen MR) is 74.5 cm³/mol. The third-order valence-electron chi connectivity index (χ3n) is 4.32. The number of aliphatic imine (C=N–C) groups is 1. The lowest BCUT2D eigenvalue weighted by atomic mass is 10.1. The zero-order valence-electron chi connectivity index (χ0n) is 11.3. The summed E-state index contributed by atoms with van der Waals surface area (Å²) in [6, 6.07) is 0.504. The molecule has 2 rings (SSSR count). The number of nitrogens with two attached hydrogens (primary N) is 1. The van der Waals surface area contributed by atoms with E-state index >= 15 is 0 Å². The van der Waals surface area contributed by atoms with Gasteiger partial charge in [-0.05, 0) is 25.7 Å². The standard InChI is InChI=1S/C14H27N3O/c15-14(16-10-11-6-5-9-13(11)18)17-12-7-3-1-2-4-8-12/h11-13,18H,1-10H2,(H3,15,16,17)/t11-,13+/m1/s1. The smallest absolute Gasteiger partial charge is 0.188 e. The molecule has 104 valence electrons. The van der Waals surface area contributed by atoms with Crippen LogP contribution in [-0.4, -0.2) is 29.8 Å². The van der Waals surface area contributed by atoms with Crippen molar-refractivity contribution in [3.63, 3.8) is 0 Å². The van der Waals surface area contributed by atoms with Crippen molar-refractivity contribution < 1.29 is 5.11 Å². The SMILES string of the molecule is NC(=NC[C@H]1CCC[C@@H]1O)NC1CCCCCC1. The number of guanidine groups is 1. The maximum Gasteiger partial charge on any atom is 0.188 e. The molecule has 4 N–H and O–H groups in total. The molecule has 0 heterocycles. The van der Waals surface area contributed by atoms with E-state index in [4.69, 9.17) is 5.73 Å². The van der Waals surface area contributed by atoms with Crippen LogP contribution in [0.2, 0.25) is 0 Å². The molecule has 0 spiro atoms. The van der Waals surface area contributed by atoms with Crippen LogP contribution in [0.25, 0.3) is 0 Å². The Hall–Kier alpha value is -0.770. The van der Waals surface area contributed by atoms with Crippen LogP contribution in [0.1, 0.15) is 57.8 Å². The average molecular weight is 253 g/mol. The summed E-state index contributed by atoms with van der Waals surface area (Å²) in [5.41, 5.74) is 5.94. The van der Waals surface area contributed by atoms with Gasteiger partial charge in [0.1, 0.15) is 0 Å². The molecular weight excluding hydrogens is 226 g/mol. The lowest BCUT2D eigenvalue weighted by Gasteiger charge is -2.17. The summed E-state index contributed by atoms with van der Waals surface area (Å²) in [7, 11) is 0. The van der Waals surface area contributed by atoms with Gasteiger partial charge in [-0.15, -0.1) is 0 Å². The van der Waals surface area contributed by atoms with E-state index in [-0.39, 0.29) is 6.10 Å². The van der Waals surface area contributed by atoms with E-state index in [0.29, 0.717) is 24.5 Å². The van der Waals surface area contributed by atoms with Crippen LogP contribution in [0.15, 0.2) is 4.99 Å². The monoisotopic (exact) mass is 253 g/mol. The largest absolute Gasteiger partial charge is 0.393 e. The number of nitrogens with one attached hydrogen (secondary N) is 1. The molecule has 0 saturated heterocycles. The van der Waals surface area contributed by atoms with Gasteiger partial charge >= 0.3 is 0 Å². The Labute approximate surface area is 110 Å². The highest BCUT2D eigenvalue weighted by Crippen LogP contribution is 2.25. The Morgan fingerprint density at radius 2 is 1.78 bits per heavy atom. The molecule has 0 bridgehead atoms. The normalized spacial score (nSPS) is 31.3. The van der Waals surface area contributed by atoms with Crippen molar-refractivity contribution >= 4 is 5.96 Å². The molecule has 4 nitrogen and oxygen atoms in total. The van der Waals surface area contributed by atoms with Gasteiger partial charge in [-0.25, -0.2) is 0 Å². The van der Waals surface area contributed by atoms with Crippen LogP contribution in [0, 0.1) is 5.92 Å². The lowest BCUT2D eigenvalue weighted by molar-refractivity contribution is 0.136. The number of aliphatic hydroxyl groups excluding tert-OH is 1. The third kappa shape index (κ3) is 4.16. The number of hydrogen-bond donors (Lipinski definition) is 3. The highest BCUT2D eigenvalue weighted by Gasteiger charge is 2.24. The molecule has 0 aromatic heterocycles. The molecule has 2 saturated carbocycles. The van der Waals surface area contributed by atoms with Gasteiger partial charge < -0.3 is 16.2 Å². The molecule has 4 heteroatoms.